The van der Waals surface area contributed by atoms with Crippen LogP contribution >= 0.6 is 0 Å². The van der Waals surface area contributed by atoms with Crippen LogP contribution in [0.15, 0.2) is 83.1 Å². The maximum absolute atomic E-state index is 13.3. The van der Waals surface area contributed by atoms with E-state index >= 15 is 0 Å². The first-order valence-electron chi connectivity index (χ1n) is 8.65. The SMILES string of the molecule is COc1cccc(CS(=O)c2nc3cnccc3n2S(=O)(=O)c2ccccc2)c1. The highest BCUT2D eigenvalue weighted by molar-refractivity contribution is 7.91. The zero-order valence-electron chi connectivity index (χ0n) is 15.4. The van der Waals surface area contributed by atoms with Gasteiger partial charge in [0, 0.05) is 6.20 Å². The van der Waals surface area contributed by atoms with Crippen molar-refractivity contribution in [2.24, 2.45) is 0 Å². The second-order valence-electron chi connectivity index (χ2n) is 6.18. The Morgan fingerprint density at radius 2 is 1.86 bits per heavy atom. The maximum Gasteiger partial charge on any atom is 0.270 e. The maximum atomic E-state index is 13.3. The molecular formula is C20H17N3O4S2. The minimum absolute atomic E-state index is 0.0420. The van der Waals surface area contributed by atoms with E-state index in [2.05, 4.69) is 9.97 Å². The highest BCUT2D eigenvalue weighted by Gasteiger charge is 2.27. The van der Waals surface area contributed by atoms with E-state index in [1.54, 1.807) is 55.6 Å². The summed E-state index contributed by atoms with van der Waals surface area (Å²) in [7, 11) is -4.16. The number of aromatic nitrogens is 3. The Morgan fingerprint density at radius 1 is 1.07 bits per heavy atom. The van der Waals surface area contributed by atoms with Crippen molar-refractivity contribution in [1.29, 1.82) is 0 Å². The van der Waals surface area contributed by atoms with E-state index in [1.165, 1.54) is 24.5 Å². The quantitative estimate of drug-likeness (QED) is 0.470. The van der Waals surface area contributed by atoms with Crippen LogP contribution in [0.5, 0.6) is 5.75 Å². The smallest absolute Gasteiger partial charge is 0.270 e. The largest absolute Gasteiger partial charge is 0.497 e. The van der Waals surface area contributed by atoms with Crippen molar-refractivity contribution in [1.82, 2.24) is 13.9 Å². The lowest BCUT2D eigenvalue weighted by Crippen LogP contribution is -2.17. The van der Waals surface area contributed by atoms with Crippen LogP contribution in [0, 0.1) is 0 Å². The van der Waals surface area contributed by atoms with Crippen molar-refractivity contribution in [3.63, 3.8) is 0 Å². The van der Waals surface area contributed by atoms with Crippen LogP contribution in [0.4, 0.5) is 0 Å². The summed E-state index contributed by atoms with van der Waals surface area (Å²) < 4.78 is 46.1. The first-order chi connectivity index (χ1) is 14.0. The number of methoxy groups -OCH3 is 1. The van der Waals surface area contributed by atoms with Gasteiger partial charge in [-0.1, -0.05) is 30.3 Å². The molecule has 0 saturated heterocycles. The van der Waals surface area contributed by atoms with Gasteiger partial charge in [0.15, 0.2) is 0 Å². The molecule has 2 aromatic carbocycles. The summed E-state index contributed by atoms with van der Waals surface area (Å²) in [6.07, 6.45) is 2.94. The van der Waals surface area contributed by atoms with Crippen molar-refractivity contribution in [2.45, 2.75) is 15.8 Å². The van der Waals surface area contributed by atoms with Crippen LogP contribution < -0.4 is 4.74 Å². The monoisotopic (exact) mass is 427 g/mol. The van der Waals surface area contributed by atoms with Crippen LogP contribution in [0.2, 0.25) is 0 Å². The normalized spacial score (nSPS) is 12.7. The van der Waals surface area contributed by atoms with E-state index in [1.807, 2.05) is 0 Å². The molecule has 2 aromatic heterocycles. The molecule has 0 aliphatic heterocycles. The van der Waals surface area contributed by atoms with Crippen molar-refractivity contribution in [2.75, 3.05) is 7.11 Å². The zero-order chi connectivity index (χ0) is 20.4. The minimum atomic E-state index is -3.99. The van der Waals surface area contributed by atoms with Crippen molar-refractivity contribution in [3.8, 4) is 5.75 Å². The molecule has 0 aliphatic carbocycles. The molecule has 0 radical (unpaired) electrons. The summed E-state index contributed by atoms with van der Waals surface area (Å²) in [5.41, 5.74) is 1.44. The molecule has 1 atom stereocenters. The number of hydrogen-bond donors (Lipinski definition) is 0. The molecule has 4 rings (SSSR count). The van der Waals surface area contributed by atoms with E-state index in [4.69, 9.17) is 4.74 Å². The number of imidazole rings is 1. The van der Waals surface area contributed by atoms with Gasteiger partial charge in [-0.2, -0.15) is 0 Å². The summed E-state index contributed by atoms with van der Waals surface area (Å²) in [6.45, 7) is 0. The molecule has 7 nitrogen and oxygen atoms in total. The topological polar surface area (TPSA) is 91.2 Å². The summed E-state index contributed by atoms with van der Waals surface area (Å²) in [4.78, 5) is 8.43. The summed E-state index contributed by atoms with van der Waals surface area (Å²) in [5, 5.41) is -0.0420. The molecule has 1 unspecified atom stereocenters. The average molecular weight is 428 g/mol. The second-order valence-corrected chi connectivity index (χ2v) is 9.31. The lowest BCUT2D eigenvalue weighted by atomic mass is 10.2. The summed E-state index contributed by atoms with van der Waals surface area (Å²) in [6, 6.07) is 16.7. The highest BCUT2D eigenvalue weighted by Crippen LogP contribution is 2.26. The van der Waals surface area contributed by atoms with Crippen molar-refractivity contribution >= 4 is 31.9 Å². The first-order valence-corrected chi connectivity index (χ1v) is 11.4. The predicted molar refractivity (Wildman–Crippen MR) is 110 cm³/mol. The lowest BCUT2D eigenvalue weighted by Gasteiger charge is -2.10. The first kappa shape index (κ1) is 19.3. The standard InChI is InChI=1S/C20H17N3O4S2/c1-27-16-7-5-6-15(12-16)14-28(24)20-22-18-13-21-11-10-19(18)23(20)29(25,26)17-8-3-2-4-9-17/h2-13H,14H2,1H3. The molecule has 2 heterocycles. The number of nitrogens with zero attached hydrogens (tertiary/aromatic N) is 3. The van der Waals surface area contributed by atoms with Gasteiger partial charge in [0.2, 0.25) is 5.16 Å². The van der Waals surface area contributed by atoms with E-state index in [-0.39, 0.29) is 15.8 Å². The van der Waals surface area contributed by atoms with E-state index in [0.717, 1.165) is 9.54 Å². The van der Waals surface area contributed by atoms with E-state index < -0.39 is 20.8 Å². The molecule has 0 aliphatic rings. The summed E-state index contributed by atoms with van der Waals surface area (Å²) in [5.74, 6) is 0.729. The second kappa shape index (κ2) is 7.76. The van der Waals surface area contributed by atoms with Crippen LogP contribution in [0.1, 0.15) is 5.56 Å². The van der Waals surface area contributed by atoms with Crippen LogP contribution in [-0.2, 0) is 26.6 Å². The minimum Gasteiger partial charge on any atom is -0.497 e. The third-order valence-electron chi connectivity index (χ3n) is 4.30. The van der Waals surface area contributed by atoms with E-state index in [0.29, 0.717) is 16.8 Å². The molecular weight excluding hydrogens is 410 g/mol. The van der Waals surface area contributed by atoms with Crippen molar-refractivity contribution < 1.29 is 17.4 Å². The van der Waals surface area contributed by atoms with Gasteiger partial charge < -0.3 is 4.74 Å². The molecule has 9 heteroatoms. The van der Waals surface area contributed by atoms with Gasteiger partial charge in [0.1, 0.15) is 11.3 Å². The number of hydrogen-bond acceptors (Lipinski definition) is 6. The van der Waals surface area contributed by atoms with Gasteiger partial charge in [0.05, 0.1) is 40.3 Å². The van der Waals surface area contributed by atoms with Gasteiger partial charge >= 0.3 is 0 Å². The number of benzene rings is 2. The van der Waals surface area contributed by atoms with Crippen LogP contribution in [0.3, 0.4) is 0 Å². The van der Waals surface area contributed by atoms with Gasteiger partial charge in [0.25, 0.3) is 10.0 Å². The highest BCUT2D eigenvalue weighted by atomic mass is 32.2. The fourth-order valence-electron chi connectivity index (χ4n) is 2.94. The lowest BCUT2D eigenvalue weighted by molar-refractivity contribution is 0.414. The molecule has 0 bridgehead atoms. The molecule has 148 valence electrons. The molecule has 0 fully saturated rings. The molecule has 29 heavy (non-hydrogen) atoms. The summed E-state index contributed by atoms with van der Waals surface area (Å²) >= 11 is 0. The van der Waals surface area contributed by atoms with Gasteiger partial charge in [-0.15, -0.1) is 0 Å². The molecule has 0 spiro atoms. The molecule has 0 saturated carbocycles. The molecule has 0 N–H and O–H groups in total. The Labute approximate surface area is 170 Å². The Hall–Kier alpha value is -3.04. The Morgan fingerprint density at radius 3 is 2.62 bits per heavy atom. The Bertz CT molecular complexity index is 1300. The van der Waals surface area contributed by atoms with Gasteiger partial charge in [-0.05, 0) is 35.9 Å². The van der Waals surface area contributed by atoms with Gasteiger partial charge in [-0.3, -0.25) is 9.19 Å². The predicted octanol–water partition coefficient (Wildman–Crippen LogP) is 2.98. The van der Waals surface area contributed by atoms with E-state index in [9.17, 15) is 12.6 Å². The fraction of sp³-hybridized carbons (Fsp3) is 0.100. The Kier molecular flexibility index (Phi) is 5.16. The van der Waals surface area contributed by atoms with Crippen LogP contribution in [-0.4, -0.2) is 33.7 Å². The Balaban J connectivity index is 1.85. The average Bonchev–Trinajstić information content (AvgIpc) is 3.15. The van der Waals surface area contributed by atoms with Crippen molar-refractivity contribution in [3.05, 3.63) is 78.6 Å². The third-order valence-corrected chi connectivity index (χ3v) is 7.41. The van der Waals surface area contributed by atoms with Crippen LogP contribution in [0.25, 0.3) is 11.0 Å². The third kappa shape index (κ3) is 3.66. The molecule has 0 amide bonds. The number of rotatable bonds is 6. The number of fused-ring (bicyclic) bond motifs is 1. The number of ether oxygens (including phenoxy) is 1. The van der Waals surface area contributed by atoms with Gasteiger partial charge in [-0.25, -0.2) is 17.4 Å². The zero-order valence-corrected chi connectivity index (χ0v) is 17.1. The number of pyridine rings is 1. The molecule has 4 aromatic rings. The fourth-order valence-corrected chi connectivity index (χ4v) is 5.95.